The molecule has 0 unspecified atom stereocenters. The minimum atomic E-state index is -0.518. The summed E-state index contributed by atoms with van der Waals surface area (Å²) < 4.78 is 5.75. The van der Waals surface area contributed by atoms with Crippen molar-refractivity contribution in [1.29, 1.82) is 0 Å². The molecule has 146 valence electrons. The van der Waals surface area contributed by atoms with Crippen LogP contribution < -0.4 is 4.74 Å². The van der Waals surface area contributed by atoms with Gasteiger partial charge in [0.05, 0.1) is 0 Å². The number of aliphatic hydroxyl groups is 1. The summed E-state index contributed by atoms with van der Waals surface area (Å²) in [6.45, 7) is 9.74. The SMILES string of the molecule is Cc1cccc(OCC(=O)N2CCN(Cc3cnc([C@H](C)O)s3)CC2)c1C. The molecule has 0 bridgehead atoms. The van der Waals surface area contributed by atoms with E-state index in [1.165, 1.54) is 0 Å². The fourth-order valence-corrected chi connectivity index (χ4v) is 3.97. The maximum Gasteiger partial charge on any atom is 0.260 e. The molecule has 0 saturated carbocycles. The lowest BCUT2D eigenvalue weighted by Crippen LogP contribution is -2.49. The van der Waals surface area contributed by atoms with Crippen molar-refractivity contribution >= 4 is 17.2 Å². The Bertz CT molecular complexity index is 783. The van der Waals surface area contributed by atoms with Crippen LogP contribution in [0.4, 0.5) is 0 Å². The largest absolute Gasteiger partial charge is 0.483 e. The Kier molecular flexibility index (Phi) is 6.46. The van der Waals surface area contributed by atoms with E-state index in [0.29, 0.717) is 13.1 Å². The number of hydrogen-bond acceptors (Lipinski definition) is 6. The van der Waals surface area contributed by atoms with Crippen molar-refractivity contribution in [1.82, 2.24) is 14.8 Å². The quantitative estimate of drug-likeness (QED) is 0.822. The molecule has 1 aliphatic heterocycles. The molecular weight excluding hydrogens is 362 g/mol. The highest BCUT2D eigenvalue weighted by atomic mass is 32.1. The molecule has 6 nitrogen and oxygen atoms in total. The van der Waals surface area contributed by atoms with Gasteiger partial charge in [-0.25, -0.2) is 4.98 Å². The van der Waals surface area contributed by atoms with Crippen molar-refractivity contribution in [3.8, 4) is 5.75 Å². The van der Waals surface area contributed by atoms with Crippen LogP contribution in [0.2, 0.25) is 0 Å². The number of nitrogens with zero attached hydrogens (tertiary/aromatic N) is 3. The summed E-state index contributed by atoms with van der Waals surface area (Å²) in [5, 5.41) is 10.3. The Morgan fingerprint density at radius 2 is 2.04 bits per heavy atom. The highest BCUT2D eigenvalue weighted by Gasteiger charge is 2.22. The van der Waals surface area contributed by atoms with E-state index in [0.717, 1.165) is 46.4 Å². The van der Waals surface area contributed by atoms with Crippen LogP contribution in [0.3, 0.4) is 0 Å². The predicted molar refractivity (Wildman–Crippen MR) is 106 cm³/mol. The molecular formula is C20H27N3O3S. The second kappa shape index (κ2) is 8.82. The number of hydrogen-bond donors (Lipinski definition) is 1. The number of carbonyl (C=O) groups excluding carboxylic acids is 1. The van der Waals surface area contributed by atoms with Gasteiger partial charge in [-0.3, -0.25) is 9.69 Å². The fraction of sp³-hybridized carbons (Fsp3) is 0.500. The normalized spacial score (nSPS) is 16.4. The van der Waals surface area contributed by atoms with Crippen molar-refractivity contribution in [2.45, 2.75) is 33.4 Å². The minimum absolute atomic E-state index is 0.0322. The number of rotatable bonds is 6. The molecule has 1 N–H and O–H groups in total. The molecule has 1 amide bonds. The molecule has 1 aromatic heterocycles. The molecule has 7 heteroatoms. The van der Waals surface area contributed by atoms with Gasteiger partial charge in [-0.2, -0.15) is 0 Å². The zero-order valence-corrected chi connectivity index (χ0v) is 17.0. The second-order valence-electron chi connectivity index (χ2n) is 6.98. The lowest BCUT2D eigenvalue weighted by atomic mass is 10.1. The highest BCUT2D eigenvalue weighted by Crippen LogP contribution is 2.22. The second-order valence-corrected chi connectivity index (χ2v) is 8.13. The maximum absolute atomic E-state index is 12.5. The van der Waals surface area contributed by atoms with Crippen LogP contribution in [-0.4, -0.2) is 58.6 Å². The van der Waals surface area contributed by atoms with Gasteiger partial charge in [0.25, 0.3) is 5.91 Å². The molecule has 1 fully saturated rings. The molecule has 0 spiro atoms. The van der Waals surface area contributed by atoms with Crippen molar-refractivity contribution in [2.75, 3.05) is 32.8 Å². The summed E-state index contributed by atoms with van der Waals surface area (Å²) in [5.41, 5.74) is 2.24. The highest BCUT2D eigenvalue weighted by molar-refractivity contribution is 7.11. The number of benzene rings is 1. The van der Waals surface area contributed by atoms with Crippen LogP contribution in [0.5, 0.6) is 5.75 Å². The summed E-state index contributed by atoms with van der Waals surface area (Å²) in [4.78, 5) is 22.0. The molecule has 1 saturated heterocycles. The number of aryl methyl sites for hydroxylation is 1. The molecule has 0 aliphatic carbocycles. The van der Waals surface area contributed by atoms with E-state index in [-0.39, 0.29) is 12.5 Å². The third kappa shape index (κ3) is 5.06. The van der Waals surface area contributed by atoms with Crippen LogP contribution in [0.1, 0.15) is 34.0 Å². The van der Waals surface area contributed by atoms with Gasteiger partial charge in [-0.15, -0.1) is 11.3 Å². The molecule has 1 atom stereocenters. The standard InChI is InChI=1S/C20H27N3O3S/c1-14-5-4-6-18(15(14)2)26-13-19(25)23-9-7-22(8-10-23)12-17-11-21-20(27-17)16(3)24/h4-6,11,16,24H,7-10,12-13H2,1-3H3/t16-/m0/s1. The van der Waals surface area contributed by atoms with Gasteiger partial charge in [0.15, 0.2) is 6.61 Å². The topological polar surface area (TPSA) is 65.9 Å². The molecule has 27 heavy (non-hydrogen) atoms. The number of thiazole rings is 1. The summed E-state index contributed by atoms with van der Waals surface area (Å²) in [6.07, 6.45) is 1.32. The van der Waals surface area contributed by atoms with E-state index in [1.54, 1.807) is 18.3 Å². The minimum Gasteiger partial charge on any atom is -0.483 e. The van der Waals surface area contributed by atoms with Gasteiger partial charge >= 0.3 is 0 Å². The zero-order chi connectivity index (χ0) is 19.4. The van der Waals surface area contributed by atoms with Crippen molar-refractivity contribution < 1.29 is 14.6 Å². The number of carbonyl (C=O) groups is 1. The van der Waals surface area contributed by atoms with Crippen LogP contribution in [0.15, 0.2) is 24.4 Å². The van der Waals surface area contributed by atoms with Gasteiger partial charge in [-0.1, -0.05) is 12.1 Å². The van der Waals surface area contributed by atoms with E-state index < -0.39 is 6.10 Å². The summed E-state index contributed by atoms with van der Waals surface area (Å²) in [5.74, 6) is 0.811. The lowest BCUT2D eigenvalue weighted by molar-refractivity contribution is -0.135. The molecule has 1 aliphatic rings. The first kappa shape index (κ1) is 19.8. The van der Waals surface area contributed by atoms with Crippen molar-refractivity contribution in [3.05, 3.63) is 45.4 Å². The van der Waals surface area contributed by atoms with Crippen molar-refractivity contribution in [3.63, 3.8) is 0 Å². The van der Waals surface area contributed by atoms with Crippen LogP contribution >= 0.6 is 11.3 Å². The smallest absolute Gasteiger partial charge is 0.260 e. The summed E-state index contributed by atoms with van der Waals surface area (Å²) >= 11 is 1.55. The van der Waals surface area contributed by atoms with Gasteiger partial charge in [0.2, 0.25) is 0 Å². The zero-order valence-electron chi connectivity index (χ0n) is 16.1. The lowest BCUT2D eigenvalue weighted by Gasteiger charge is -2.34. The van der Waals surface area contributed by atoms with Crippen LogP contribution in [0, 0.1) is 13.8 Å². The average Bonchev–Trinajstić information content (AvgIpc) is 3.12. The monoisotopic (exact) mass is 389 g/mol. The average molecular weight is 390 g/mol. The van der Waals surface area contributed by atoms with Gasteiger partial charge < -0.3 is 14.7 Å². The Labute approximate surface area is 164 Å². The predicted octanol–water partition coefficient (Wildman–Crippen LogP) is 2.54. The number of aromatic nitrogens is 1. The first-order valence-corrected chi connectivity index (χ1v) is 10.1. The molecule has 0 radical (unpaired) electrons. The summed E-state index contributed by atoms with van der Waals surface area (Å²) in [6, 6.07) is 5.89. The van der Waals surface area contributed by atoms with E-state index in [4.69, 9.17) is 4.74 Å². The van der Waals surface area contributed by atoms with Gasteiger partial charge in [0.1, 0.15) is 16.9 Å². The van der Waals surface area contributed by atoms with E-state index in [9.17, 15) is 9.90 Å². The number of aliphatic hydroxyl groups excluding tert-OH is 1. The van der Waals surface area contributed by atoms with Crippen molar-refractivity contribution in [2.24, 2.45) is 0 Å². The Balaban J connectivity index is 1.45. The first-order valence-electron chi connectivity index (χ1n) is 9.26. The van der Waals surface area contributed by atoms with Crippen LogP contribution in [0.25, 0.3) is 0 Å². The van der Waals surface area contributed by atoms with Gasteiger partial charge in [-0.05, 0) is 38.0 Å². The Hall–Kier alpha value is -1.96. The van der Waals surface area contributed by atoms with E-state index >= 15 is 0 Å². The number of piperazine rings is 1. The Morgan fingerprint density at radius 3 is 2.70 bits per heavy atom. The number of amides is 1. The third-order valence-electron chi connectivity index (χ3n) is 4.94. The molecule has 1 aromatic carbocycles. The van der Waals surface area contributed by atoms with E-state index in [1.807, 2.05) is 43.1 Å². The van der Waals surface area contributed by atoms with Gasteiger partial charge in [0, 0.05) is 43.8 Å². The van der Waals surface area contributed by atoms with Crippen LogP contribution in [-0.2, 0) is 11.3 Å². The fourth-order valence-electron chi connectivity index (χ4n) is 3.08. The number of ether oxygens (including phenoxy) is 1. The summed E-state index contributed by atoms with van der Waals surface area (Å²) in [7, 11) is 0. The molecule has 3 rings (SSSR count). The Morgan fingerprint density at radius 1 is 1.30 bits per heavy atom. The maximum atomic E-state index is 12.5. The molecule has 2 heterocycles. The first-order chi connectivity index (χ1) is 12.9. The third-order valence-corrected chi connectivity index (χ3v) is 6.09. The molecule has 2 aromatic rings. The van der Waals surface area contributed by atoms with E-state index in [2.05, 4.69) is 9.88 Å².